The van der Waals surface area contributed by atoms with Crippen molar-refractivity contribution in [1.29, 1.82) is 0 Å². The molecule has 1 aromatic heterocycles. The number of ketones is 2. The number of Topliss-reactive ketones (excluding diaryl/α,β-unsaturated/α-hetero) is 2. The molecule has 5 rings (SSSR count). The van der Waals surface area contributed by atoms with Crippen LogP contribution in [-0.4, -0.2) is 40.2 Å². The molecule has 3 aromatic rings. The molecule has 0 bridgehead atoms. The van der Waals surface area contributed by atoms with E-state index in [1.165, 1.54) is 13.0 Å². The first-order valence-corrected chi connectivity index (χ1v) is 12.9. The normalized spacial score (nSPS) is 19.1. The summed E-state index contributed by atoms with van der Waals surface area (Å²) < 4.78 is 16.7. The van der Waals surface area contributed by atoms with Crippen LogP contribution >= 0.6 is 11.6 Å². The zero-order chi connectivity index (χ0) is 26.2. The summed E-state index contributed by atoms with van der Waals surface area (Å²) in [5.41, 5.74) is 2.52. The molecular weight excluding hydrogens is 497 g/mol. The summed E-state index contributed by atoms with van der Waals surface area (Å²) in [5.74, 6) is -1.59. The fraction of sp³-hybridized carbons (Fsp3) is 0.393. The van der Waals surface area contributed by atoms with Crippen molar-refractivity contribution in [3.63, 3.8) is 0 Å². The molecule has 1 aliphatic heterocycles. The lowest BCUT2D eigenvalue weighted by Crippen LogP contribution is -2.54. The number of para-hydroxylation sites is 1. The molecule has 1 aliphatic carbocycles. The third-order valence-electron chi connectivity index (χ3n) is 7.39. The van der Waals surface area contributed by atoms with Crippen molar-refractivity contribution in [2.75, 3.05) is 6.54 Å². The fourth-order valence-electron chi connectivity index (χ4n) is 5.23. The molecule has 0 radical (unpaired) electrons. The van der Waals surface area contributed by atoms with Crippen LogP contribution in [0, 0.1) is 11.7 Å². The van der Waals surface area contributed by atoms with Gasteiger partial charge in [-0.15, -0.1) is 0 Å². The monoisotopic (exact) mass is 525 g/mol. The van der Waals surface area contributed by atoms with Gasteiger partial charge in [0.05, 0.1) is 17.6 Å². The van der Waals surface area contributed by atoms with Gasteiger partial charge in [0.1, 0.15) is 5.82 Å². The second-order valence-electron chi connectivity index (χ2n) is 9.94. The van der Waals surface area contributed by atoms with Gasteiger partial charge in [-0.2, -0.15) is 0 Å². The molecule has 2 aromatic carbocycles. The molecule has 2 fully saturated rings. The van der Waals surface area contributed by atoms with Gasteiger partial charge in [-0.25, -0.2) is 9.87 Å². The van der Waals surface area contributed by atoms with Crippen molar-refractivity contribution in [2.24, 2.45) is 5.92 Å². The molecule has 2 N–H and O–H groups in total. The lowest BCUT2D eigenvalue weighted by atomic mass is 9.85. The number of halogens is 2. The number of hydrogen-bond donors (Lipinski definition) is 2. The van der Waals surface area contributed by atoms with E-state index >= 15 is 4.39 Å². The number of hydroxylamine groups is 1. The van der Waals surface area contributed by atoms with Crippen molar-refractivity contribution >= 4 is 40.0 Å². The number of amides is 1. The fourth-order valence-corrected chi connectivity index (χ4v) is 5.43. The molecular formula is C28H29ClFN3O4. The quantitative estimate of drug-likeness (QED) is 0.302. The zero-order valence-corrected chi connectivity index (χ0v) is 21.3. The Morgan fingerprint density at radius 2 is 1.95 bits per heavy atom. The van der Waals surface area contributed by atoms with Crippen LogP contribution < -0.4 is 10.8 Å². The summed E-state index contributed by atoms with van der Waals surface area (Å²) >= 11 is 6.04. The number of rotatable bonds is 10. The number of carbonyl (C=O) groups excluding carboxylic acids is 3. The smallest absolute Gasteiger partial charge is 0.260 e. The van der Waals surface area contributed by atoms with Crippen LogP contribution in [-0.2, 0) is 27.4 Å². The van der Waals surface area contributed by atoms with E-state index in [4.69, 9.17) is 16.4 Å². The van der Waals surface area contributed by atoms with Gasteiger partial charge in [0.2, 0.25) is 0 Å². The zero-order valence-electron chi connectivity index (χ0n) is 20.6. The van der Waals surface area contributed by atoms with E-state index < -0.39 is 17.5 Å². The largest absolute Gasteiger partial charge is 0.339 e. The van der Waals surface area contributed by atoms with Crippen LogP contribution in [0.2, 0.25) is 5.02 Å². The van der Waals surface area contributed by atoms with Crippen LogP contribution in [0.25, 0.3) is 10.9 Å². The van der Waals surface area contributed by atoms with Gasteiger partial charge < -0.3 is 9.88 Å². The van der Waals surface area contributed by atoms with Gasteiger partial charge in [0.15, 0.2) is 17.2 Å². The molecule has 9 heteroatoms. The number of aromatic nitrogens is 1. The Hall–Kier alpha value is -3.07. The topological polar surface area (TPSA) is 89.4 Å². The average molecular weight is 526 g/mol. The minimum absolute atomic E-state index is 0.0451. The summed E-state index contributed by atoms with van der Waals surface area (Å²) in [6.45, 7) is 2.11. The summed E-state index contributed by atoms with van der Waals surface area (Å²) in [7, 11) is 0. The molecule has 2 unspecified atom stereocenters. The van der Waals surface area contributed by atoms with Gasteiger partial charge in [-0.3, -0.25) is 19.2 Å². The number of fused-ring (bicyclic) bond motifs is 1. The molecule has 2 aliphatic rings. The predicted molar refractivity (Wildman–Crippen MR) is 138 cm³/mol. The maximum absolute atomic E-state index is 15.0. The summed E-state index contributed by atoms with van der Waals surface area (Å²) in [6, 6.07) is 11.6. The minimum atomic E-state index is -1.50. The summed E-state index contributed by atoms with van der Waals surface area (Å²) in [4.78, 5) is 45.2. The van der Waals surface area contributed by atoms with Crippen LogP contribution in [0.1, 0.15) is 48.5 Å². The second-order valence-corrected chi connectivity index (χ2v) is 10.3. The Morgan fingerprint density at radius 3 is 2.65 bits per heavy atom. The second kappa shape index (κ2) is 10.4. The first kappa shape index (κ1) is 25.6. The molecule has 1 saturated heterocycles. The van der Waals surface area contributed by atoms with Gasteiger partial charge >= 0.3 is 0 Å². The van der Waals surface area contributed by atoms with Crippen LogP contribution in [0.15, 0.2) is 48.7 Å². The molecule has 2 heterocycles. The van der Waals surface area contributed by atoms with Crippen molar-refractivity contribution in [2.45, 2.75) is 57.2 Å². The number of hydrogen-bond acceptors (Lipinski definition) is 5. The van der Waals surface area contributed by atoms with Gasteiger partial charge in [0, 0.05) is 29.1 Å². The van der Waals surface area contributed by atoms with E-state index in [2.05, 4.69) is 10.8 Å². The van der Waals surface area contributed by atoms with E-state index in [0.717, 1.165) is 23.9 Å². The molecule has 37 heavy (non-hydrogen) atoms. The Bertz CT molecular complexity index is 1360. The van der Waals surface area contributed by atoms with Crippen molar-refractivity contribution in [3.8, 4) is 0 Å². The third kappa shape index (κ3) is 5.06. The summed E-state index contributed by atoms with van der Waals surface area (Å²) in [5, 5.41) is 3.82. The SMILES string of the molecule is CC(=O)c1cn(CC(=O)C(Cc2cccc(Cl)c2F)(ONC(=O)C2CCCN2)C2CC2)c2ccccc12. The summed E-state index contributed by atoms with van der Waals surface area (Å²) in [6.07, 6.45) is 4.54. The highest BCUT2D eigenvalue weighted by Gasteiger charge is 2.53. The van der Waals surface area contributed by atoms with Crippen LogP contribution in [0.3, 0.4) is 0 Å². The Kier molecular flexibility index (Phi) is 7.16. The third-order valence-corrected chi connectivity index (χ3v) is 7.68. The Morgan fingerprint density at radius 1 is 1.16 bits per heavy atom. The predicted octanol–water partition coefficient (Wildman–Crippen LogP) is 4.40. The van der Waals surface area contributed by atoms with Gasteiger partial charge in [-0.1, -0.05) is 41.9 Å². The van der Waals surface area contributed by atoms with E-state index in [-0.39, 0.29) is 46.9 Å². The highest BCUT2D eigenvalue weighted by molar-refractivity contribution is 6.30. The van der Waals surface area contributed by atoms with Crippen molar-refractivity contribution in [1.82, 2.24) is 15.4 Å². The maximum atomic E-state index is 15.0. The van der Waals surface area contributed by atoms with Gasteiger partial charge in [-0.05, 0) is 62.8 Å². The van der Waals surface area contributed by atoms with Crippen LogP contribution in [0.4, 0.5) is 4.39 Å². The Labute approximate surface area is 219 Å². The van der Waals surface area contributed by atoms with E-state index in [1.54, 1.807) is 22.9 Å². The molecule has 1 amide bonds. The van der Waals surface area contributed by atoms with Crippen molar-refractivity contribution in [3.05, 3.63) is 70.6 Å². The number of nitrogens with one attached hydrogen (secondary N) is 2. The minimum Gasteiger partial charge on any atom is -0.339 e. The van der Waals surface area contributed by atoms with Gasteiger partial charge in [0.25, 0.3) is 5.91 Å². The molecule has 7 nitrogen and oxygen atoms in total. The number of carbonyl (C=O) groups is 3. The van der Waals surface area contributed by atoms with E-state index in [9.17, 15) is 14.4 Å². The first-order valence-electron chi connectivity index (χ1n) is 12.6. The molecule has 2 atom stereocenters. The maximum Gasteiger partial charge on any atom is 0.260 e. The van der Waals surface area contributed by atoms with E-state index in [0.29, 0.717) is 24.8 Å². The first-order chi connectivity index (χ1) is 17.8. The highest BCUT2D eigenvalue weighted by Crippen LogP contribution is 2.45. The lowest BCUT2D eigenvalue weighted by Gasteiger charge is -2.33. The standard InChI is InChI=1S/C28H29ClFN3O4/c1-17(34)21-15-33(24-10-3-2-7-20(21)24)16-25(35)28(19-11-12-19,14-18-6-4-8-22(29)26(18)30)37-32-27(36)23-9-5-13-31-23/h2-4,6-8,10,15,19,23,31H,5,9,11-14,16H2,1H3,(H,32,36). The average Bonchev–Trinajstić information content (AvgIpc) is 3.46. The van der Waals surface area contributed by atoms with Crippen molar-refractivity contribution < 1.29 is 23.6 Å². The molecule has 0 spiro atoms. The lowest BCUT2D eigenvalue weighted by molar-refractivity contribution is -0.171. The Balaban J connectivity index is 1.51. The number of benzene rings is 2. The van der Waals surface area contributed by atoms with Crippen LogP contribution in [0.5, 0.6) is 0 Å². The highest BCUT2D eigenvalue weighted by atomic mass is 35.5. The molecule has 194 valence electrons. The molecule has 1 saturated carbocycles. The van der Waals surface area contributed by atoms with E-state index in [1.807, 2.05) is 24.3 Å². The number of nitrogens with zero attached hydrogens (tertiary/aromatic N) is 1.